The maximum absolute atomic E-state index is 12.8. The molecule has 1 aromatic rings. The molecule has 0 radical (unpaired) electrons. The fourth-order valence-corrected chi connectivity index (χ4v) is 8.15. The Labute approximate surface area is 213 Å². The van der Waals surface area contributed by atoms with Gasteiger partial charge >= 0.3 is 0 Å². The molecule has 2 amide bonds. The van der Waals surface area contributed by atoms with Crippen LogP contribution in [0.5, 0.6) is 5.75 Å². The van der Waals surface area contributed by atoms with Crippen LogP contribution in [0, 0.1) is 16.7 Å². The van der Waals surface area contributed by atoms with Crippen molar-refractivity contribution in [1.82, 2.24) is 15.2 Å². The molecule has 10 heteroatoms. The number of benzene rings is 1. The molecule has 0 spiro atoms. The van der Waals surface area contributed by atoms with Gasteiger partial charge in [0.1, 0.15) is 11.5 Å². The highest BCUT2D eigenvalue weighted by Crippen LogP contribution is 2.64. The van der Waals surface area contributed by atoms with Crippen molar-refractivity contribution in [3.63, 3.8) is 0 Å². The number of ketones is 1. The number of likely N-dealkylation sites (tertiary alicyclic amines) is 1. The van der Waals surface area contributed by atoms with Gasteiger partial charge in [-0.05, 0) is 81.5 Å². The number of amides is 2. The number of hydrogen-bond donors (Lipinski definition) is 2. The molecule has 1 aromatic carbocycles. The van der Waals surface area contributed by atoms with Crippen molar-refractivity contribution in [2.24, 2.45) is 16.7 Å². The number of carbonyl (C=O) groups is 3. The molecular weight excluding hydrogens is 482 g/mol. The molecule has 1 aliphatic heterocycles. The van der Waals surface area contributed by atoms with E-state index in [1.54, 1.807) is 12.1 Å². The zero-order valence-corrected chi connectivity index (χ0v) is 22.3. The highest BCUT2D eigenvalue weighted by atomic mass is 32.2. The molecule has 2 N–H and O–H groups in total. The van der Waals surface area contributed by atoms with Crippen LogP contribution in [-0.4, -0.2) is 55.4 Å². The molecule has 0 unspecified atom stereocenters. The number of piperidine rings is 1. The summed E-state index contributed by atoms with van der Waals surface area (Å²) >= 11 is 0. The van der Waals surface area contributed by atoms with Crippen molar-refractivity contribution in [2.45, 2.75) is 78.3 Å². The predicted molar refractivity (Wildman–Crippen MR) is 135 cm³/mol. The summed E-state index contributed by atoms with van der Waals surface area (Å²) in [4.78, 5) is 41.8. The minimum atomic E-state index is -3.93. The van der Waals surface area contributed by atoms with Crippen LogP contribution in [0.1, 0.15) is 76.6 Å². The number of rotatable bonds is 8. The molecule has 3 fully saturated rings. The minimum Gasteiger partial charge on any atom is -0.484 e. The third-order valence-electron chi connectivity index (χ3n) is 8.86. The number of carbonyl (C=O) groups excluding carboxylic acids is 3. The Balaban J connectivity index is 1.30. The summed E-state index contributed by atoms with van der Waals surface area (Å²) in [5.74, 6) is -0.387. The normalized spacial score (nSPS) is 29.3. The van der Waals surface area contributed by atoms with E-state index in [2.05, 4.69) is 10.3 Å². The Morgan fingerprint density at radius 1 is 1.08 bits per heavy atom. The summed E-state index contributed by atoms with van der Waals surface area (Å²) in [5.41, 5.74) is 1.18. The van der Waals surface area contributed by atoms with Crippen molar-refractivity contribution >= 4 is 27.6 Å². The van der Waals surface area contributed by atoms with Gasteiger partial charge in [0, 0.05) is 29.5 Å². The van der Waals surface area contributed by atoms with Gasteiger partial charge in [-0.15, -0.1) is 4.83 Å². The van der Waals surface area contributed by atoms with E-state index >= 15 is 0 Å². The summed E-state index contributed by atoms with van der Waals surface area (Å²) in [6.45, 7) is 7.94. The van der Waals surface area contributed by atoms with Crippen LogP contribution in [0.4, 0.5) is 0 Å². The summed E-state index contributed by atoms with van der Waals surface area (Å²) in [7, 11) is -3.93. The molecule has 2 saturated carbocycles. The van der Waals surface area contributed by atoms with Crippen LogP contribution in [0.2, 0.25) is 0 Å². The third-order valence-corrected chi connectivity index (χ3v) is 10.1. The lowest BCUT2D eigenvalue weighted by Gasteiger charge is -2.38. The molecular formula is C26H37N3O6S. The SMILES string of the molecule is C[C@@H]1CCC[C@H](C)N1C(=O)COc1ccc(C(=O)NNS(=O)(=O)C[C@@]23CC[C@@H](CC2=O)C3(C)C)cc1. The van der Waals surface area contributed by atoms with Gasteiger partial charge < -0.3 is 9.64 Å². The zero-order chi connectivity index (χ0) is 26.3. The fourth-order valence-electron chi connectivity index (χ4n) is 6.50. The zero-order valence-electron chi connectivity index (χ0n) is 21.5. The maximum atomic E-state index is 12.8. The van der Waals surface area contributed by atoms with Crippen molar-refractivity contribution in [3.05, 3.63) is 29.8 Å². The number of ether oxygens (including phenoxy) is 1. The number of nitrogens with zero attached hydrogens (tertiary/aromatic N) is 1. The average molecular weight is 520 g/mol. The summed E-state index contributed by atoms with van der Waals surface area (Å²) < 4.78 is 31.2. The molecule has 198 valence electrons. The Hall–Kier alpha value is -2.46. The van der Waals surface area contributed by atoms with Crippen molar-refractivity contribution in [2.75, 3.05) is 12.4 Å². The van der Waals surface area contributed by atoms with Gasteiger partial charge in [-0.1, -0.05) is 13.8 Å². The third kappa shape index (κ3) is 4.89. The van der Waals surface area contributed by atoms with E-state index < -0.39 is 21.3 Å². The quantitative estimate of drug-likeness (QED) is 0.510. The first-order valence-electron chi connectivity index (χ1n) is 12.7. The Bertz CT molecular complexity index is 1120. The lowest BCUT2D eigenvalue weighted by atomic mass is 9.70. The molecule has 2 aliphatic carbocycles. The smallest absolute Gasteiger partial charge is 0.266 e. The number of hydrazine groups is 1. The Morgan fingerprint density at radius 3 is 2.28 bits per heavy atom. The number of nitrogens with one attached hydrogen (secondary N) is 2. The molecule has 4 rings (SSSR count). The minimum absolute atomic E-state index is 0.00118. The van der Waals surface area contributed by atoms with Crippen LogP contribution in [0.3, 0.4) is 0 Å². The summed E-state index contributed by atoms with van der Waals surface area (Å²) in [5, 5.41) is 0. The van der Waals surface area contributed by atoms with E-state index in [0.29, 0.717) is 18.6 Å². The van der Waals surface area contributed by atoms with Gasteiger partial charge in [0.25, 0.3) is 11.8 Å². The number of sulfonamides is 1. The first-order chi connectivity index (χ1) is 16.9. The first-order valence-corrected chi connectivity index (χ1v) is 14.4. The number of Topliss-reactive ketones (excluding diaryl/α,β-unsaturated/α-hetero) is 1. The first kappa shape index (κ1) is 26.6. The van der Waals surface area contributed by atoms with E-state index in [4.69, 9.17) is 4.74 Å². The van der Waals surface area contributed by atoms with E-state index in [9.17, 15) is 22.8 Å². The predicted octanol–water partition coefficient (Wildman–Crippen LogP) is 2.81. The van der Waals surface area contributed by atoms with E-state index in [1.807, 2.05) is 32.6 Å². The standard InChI is InChI=1S/C26H37N3O6S/c1-17-6-5-7-18(2)29(17)23(31)15-35-21-10-8-19(9-11-21)24(32)27-28-36(33,34)16-26-13-12-20(14-22(26)30)25(26,3)4/h8-11,17-18,20,28H,5-7,12-16H2,1-4H3,(H,27,32)/t17-,18+,20-,26-/m0/s1. The van der Waals surface area contributed by atoms with Crippen molar-refractivity contribution in [3.8, 4) is 5.75 Å². The van der Waals surface area contributed by atoms with E-state index in [-0.39, 0.29) is 53.0 Å². The summed E-state index contributed by atoms with van der Waals surface area (Å²) in [6.07, 6.45) is 4.90. The molecule has 1 heterocycles. The monoisotopic (exact) mass is 519 g/mol. The highest BCUT2D eigenvalue weighted by Gasteiger charge is 2.65. The van der Waals surface area contributed by atoms with Crippen LogP contribution in [-0.2, 0) is 19.6 Å². The van der Waals surface area contributed by atoms with Crippen LogP contribution < -0.4 is 15.0 Å². The van der Waals surface area contributed by atoms with Gasteiger partial charge in [-0.3, -0.25) is 19.8 Å². The highest BCUT2D eigenvalue weighted by molar-refractivity contribution is 7.89. The topological polar surface area (TPSA) is 122 Å². The average Bonchev–Trinajstić information content (AvgIpc) is 3.15. The van der Waals surface area contributed by atoms with Crippen LogP contribution >= 0.6 is 0 Å². The second kappa shape index (κ2) is 9.78. The molecule has 3 aliphatic rings. The number of hydrogen-bond acceptors (Lipinski definition) is 6. The molecule has 2 bridgehead atoms. The molecule has 9 nitrogen and oxygen atoms in total. The van der Waals surface area contributed by atoms with Gasteiger partial charge in [-0.2, -0.15) is 0 Å². The van der Waals surface area contributed by atoms with Gasteiger partial charge in [-0.25, -0.2) is 8.42 Å². The maximum Gasteiger partial charge on any atom is 0.266 e. The molecule has 1 saturated heterocycles. The van der Waals surface area contributed by atoms with Crippen LogP contribution in [0.15, 0.2) is 24.3 Å². The summed E-state index contributed by atoms with van der Waals surface area (Å²) in [6, 6.07) is 6.51. The Kier molecular flexibility index (Phi) is 7.22. The number of fused-ring (bicyclic) bond motifs is 2. The lowest BCUT2D eigenvalue weighted by Crippen LogP contribution is -2.49. The van der Waals surface area contributed by atoms with Gasteiger partial charge in [0.2, 0.25) is 10.0 Å². The van der Waals surface area contributed by atoms with Crippen LogP contribution in [0.25, 0.3) is 0 Å². The van der Waals surface area contributed by atoms with Gasteiger partial charge in [0.15, 0.2) is 6.61 Å². The molecule has 36 heavy (non-hydrogen) atoms. The fraction of sp³-hybridized carbons (Fsp3) is 0.654. The van der Waals surface area contributed by atoms with Crippen molar-refractivity contribution < 1.29 is 27.5 Å². The Morgan fingerprint density at radius 2 is 1.72 bits per heavy atom. The molecule has 4 atom stereocenters. The largest absolute Gasteiger partial charge is 0.484 e. The second-order valence-electron chi connectivity index (χ2n) is 11.2. The van der Waals surface area contributed by atoms with E-state index in [1.165, 1.54) is 12.1 Å². The lowest BCUT2D eigenvalue weighted by molar-refractivity contribution is -0.139. The second-order valence-corrected chi connectivity index (χ2v) is 12.9. The van der Waals surface area contributed by atoms with Gasteiger partial charge in [0.05, 0.1) is 5.75 Å². The molecule has 0 aromatic heterocycles. The van der Waals surface area contributed by atoms with E-state index in [0.717, 1.165) is 25.7 Å². The van der Waals surface area contributed by atoms with Crippen molar-refractivity contribution in [1.29, 1.82) is 0 Å².